The summed E-state index contributed by atoms with van der Waals surface area (Å²) in [6, 6.07) is 12.6. The van der Waals surface area contributed by atoms with Crippen molar-refractivity contribution in [1.82, 2.24) is 19.8 Å². The number of carbonyl (C=O) groups excluding carboxylic acids is 1. The van der Waals surface area contributed by atoms with Gasteiger partial charge >= 0.3 is 0 Å². The Hall–Kier alpha value is -2.61. The van der Waals surface area contributed by atoms with E-state index >= 15 is 0 Å². The molecule has 0 unspecified atom stereocenters. The molecule has 200 valence electrons. The van der Waals surface area contributed by atoms with Crippen LogP contribution in [0, 0.1) is 5.92 Å². The van der Waals surface area contributed by atoms with Crippen LogP contribution >= 0.6 is 23.2 Å². The molecule has 1 aromatic heterocycles. The maximum atomic E-state index is 13.5. The van der Waals surface area contributed by atoms with Crippen molar-refractivity contribution in [3.8, 4) is 5.75 Å². The molecule has 3 aromatic rings. The van der Waals surface area contributed by atoms with E-state index in [4.69, 9.17) is 27.9 Å². The predicted molar refractivity (Wildman–Crippen MR) is 151 cm³/mol. The lowest BCUT2D eigenvalue weighted by Crippen LogP contribution is -2.51. The van der Waals surface area contributed by atoms with Gasteiger partial charge in [0.25, 0.3) is 0 Å². The van der Waals surface area contributed by atoms with Crippen LogP contribution in [-0.2, 0) is 4.79 Å². The van der Waals surface area contributed by atoms with Crippen molar-refractivity contribution in [3.05, 3.63) is 58.3 Å². The quantitative estimate of drug-likeness (QED) is 0.409. The number of hydrogen-bond acceptors (Lipinski definition) is 6. The van der Waals surface area contributed by atoms with Gasteiger partial charge in [-0.2, -0.15) is 0 Å². The number of piperidine rings is 1. The zero-order valence-corrected chi connectivity index (χ0v) is 23.1. The number of amides is 1. The van der Waals surface area contributed by atoms with Gasteiger partial charge in [0.2, 0.25) is 5.91 Å². The molecule has 7 nitrogen and oxygen atoms in total. The van der Waals surface area contributed by atoms with Crippen LogP contribution in [0.5, 0.6) is 5.75 Å². The molecule has 3 fully saturated rings. The molecule has 1 saturated carbocycles. The molecular formula is C29H33Cl2N5O2. The Morgan fingerprint density at radius 3 is 2.55 bits per heavy atom. The van der Waals surface area contributed by atoms with Crippen LogP contribution in [0.2, 0.25) is 10.0 Å². The van der Waals surface area contributed by atoms with Crippen molar-refractivity contribution >= 4 is 45.8 Å². The average molecular weight is 555 g/mol. The van der Waals surface area contributed by atoms with Crippen molar-refractivity contribution in [1.29, 1.82) is 0 Å². The van der Waals surface area contributed by atoms with E-state index in [2.05, 4.69) is 43.3 Å². The van der Waals surface area contributed by atoms with E-state index < -0.39 is 0 Å². The summed E-state index contributed by atoms with van der Waals surface area (Å²) in [5.41, 5.74) is 2.02. The second kappa shape index (κ2) is 10.9. The van der Waals surface area contributed by atoms with Crippen molar-refractivity contribution in [2.45, 2.75) is 50.1 Å². The largest absolute Gasteiger partial charge is 0.496 e. The SMILES string of the molecule is COc1ccccc1C1CCN([C@@H]2CCN(C(=O)CNc3ncnc4cc(Cl)c(Cl)cc34)[C@H]2C2CC2)CC1. The zero-order chi connectivity index (χ0) is 26.2. The molecule has 38 heavy (non-hydrogen) atoms. The van der Waals surface area contributed by atoms with Gasteiger partial charge in [0.1, 0.15) is 17.9 Å². The Balaban J connectivity index is 1.11. The number of carbonyl (C=O) groups is 1. The van der Waals surface area contributed by atoms with Gasteiger partial charge < -0.3 is 15.0 Å². The normalized spacial score (nSPS) is 22.7. The van der Waals surface area contributed by atoms with Crippen LogP contribution in [0.1, 0.15) is 43.6 Å². The van der Waals surface area contributed by atoms with Gasteiger partial charge in [0, 0.05) is 18.0 Å². The number of nitrogens with zero attached hydrogens (tertiary/aromatic N) is 4. The molecule has 0 radical (unpaired) electrons. The summed E-state index contributed by atoms with van der Waals surface area (Å²) in [4.78, 5) is 26.9. The van der Waals surface area contributed by atoms with Gasteiger partial charge in [-0.25, -0.2) is 9.97 Å². The number of rotatable bonds is 7. The van der Waals surface area contributed by atoms with Crippen molar-refractivity contribution < 1.29 is 9.53 Å². The lowest BCUT2D eigenvalue weighted by Gasteiger charge is -2.40. The molecule has 0 spiro atoms. The summed E-state index contributed by atoms with van der Waals surface area (Å²) >= 11 is 12.4. The molecule has 1 aliphatic carbocycles. The number of anilines is 1. The Labute approximate surface area is 233 Å². The molecule has 2 saturated heterocycles. The number of methoxy groups -OCH3 is 1. The average Bonchev–Trinajstić information content (AvgIpc) is 3.69. The first-order chi connectivity index (χ1) is 18.5. The van der Waals surface area contributed by atoms with Crippen molar-refractivity contribution in [3.63, 3.8) is 0 Å². The third kappa shape index (κ3) is 5.04. The van der Waals surface area contributed by atoms with Crippen LogP contribution in [-0.4, -0.2) is 71.0 Å². The predicted octanol–water partition coefficient (Wildman–Crippen LogP) is 5.62. The number of benzene rings is 2. The Morgan fingerprint density at radius 1 is 1.03 bits per heavy atom. The topological polar surface area (TPSA) is 70.6 Å². The highest BCUT2D eigenvalue weighted by Crippen LogP contribution is 2.43. The van der Waals surface area contributed by atoms with E-state index in [1.54, 1.807) is 19.2 Å². The molecule has 9 heteroatoms. The highest BCUT2D eigenvalue weighted by Gasteiger charge is 2.48. The first kappa shape index (κ1) is 25.7. The highest BCUT2D eigenvalue weighted by atomic mass is 35.5. The number of aromatic nitrogens is 2. The summed E-state index contributed by atoms with van der Waals surface area (Å²) in [6.45, 7) is 3.13. The molecule has 3 aliphatic rings. The smallest absolute Gasteiger partial charge is 0.242 e. The second-order valence-corrected chi connectivity index (χ2v) is 11.5. The summed E-state index contributed by atoms with van der Waals surface area (Å²) < 4.78 is 5.63. The zero-order valence-electron chi connectivity index (χ0n) is 21.6. The number of nitrogens with one attached hydrogen (secondary N) is 1. The standard InChI is InChI=1S/C29H33Cl2N5O2/c1-38-26-5-3-2-4-20(26)18-8-11-35(12-9-18)25-10-13-36(28(25)19-6-7-19)27(37)16-32-29-21-14-22(30)23(31)15-24(21)33-17-34-29/h2-5,14-15,17-19,25,28H,6-13,16H2,1H3,(H,32,33,34)/t25-,28+/m1/s1. The Kier molecular flexibility index (Phi) is 7.34. The number of halogens is 2. The third-order valence-electron chi connectivity index (χ3n) is 8.51. The monoisotopic (exact) mass is 553 g/mol. The molecule has 2 atom stereocenters. The molecule has 3 heterocycles. The van der Waals surface area contributed by atoms with E-state index in [9.17, 15) is 4.79 Å². The second-order valence-electron chi connectivity index (χ2n) is 10.7. The minimum atomic E-state index is 0.125. The first-order valence-electron chi connectivity index (χ1n) is 13.5. The fourth-order valence-electron chi connectivity index (χ4n) is 6.49. The van der Waals surface area contributed by atoms with Crippen LogP contribution < -0.4 is 10.1 Å². The third-order valence-corrected chi connectivity index (χ3v) is 9.23. The van der Waals surface area contributed by atoms with E-state index in [-0.39, 0.29) is 12.5 Å². The van der Waals surface area contributed by atoms with E-state index in [0.717, 1.165) is 50.0 Å². The minimum absolute atomic E-state index is 0.125. The summed E-state index contributed by atoms with van der Waals surface area (Å²) in [6.07, 6.45) is 7.19. The summed E-state index contributed by atoms with van der Waals surface area (Å²) in [5, 5.41) is 4.89. The van der Waals surface area contributed by atoms with Crippen molar-refractivity contribution in [2.75, 3.05) is 38.6 Å². The number of fused-ring (bicyclic) bond motifs is 1. The molecule has 1 amide bonds. The fourth-order valence-corrected chi connectivity index (χ4v) is 6.82. The lowest BCUT2D eigenvalue weighted by molar-refractivity contribution is -0.131. The molecule has 0 bridgehead atoms. The van der Waals surface area contributed by atoms with Gasteiger partial charge in [0.05, 0.1) is 35.3 Å². The molecule has 6 rings (SSSR count). The maximum Gasteiger partial charge on any atom is 0.242 e. The number of likely N-dealkylation sites (tertiary alicyclic amines) is 2. The van der Waals surface area contributed by atoms with Crippen LogP contribution in [0.25, 0.3) is 10.9 Å². The summed E-state index contributed by atoms with van der Waals surface area (Å²) in [5.74, 6) is 2.85. The summed E-state index contributed by atoms with van der Waals surface area (Å²) in [7, 11) is 1.76. The number of para-hydroxylation sites is 1. The van der Waals surface area contributed by atoms with Gasteiger partial charge in [-0.05, 0) is 80.8 Å². The molecule has 2 aliphatic heterocycles. The maximum absolute atomic E-state index is 13.5. The number of hydrogen-bond donors (Lipinski definition) is 1. The first-order valence-corrected chi connectivity index (χ1v) is 14.3. The van der Waals surface area contributed by atoms with Crippen LogP contribution in [0.3, 0.4) is 0 Å². The van der Waals surface area contributed by atoms with Crippen LogP contribution in [0.15, 0.2) is 42.7 Å². The molecular weight excluding hydrogens is 521 g/mol. The number of ether oxygens (including phenoxy) is 1. The van der Waals surface area contributed by atoms with E-state index in [0.29, 0.717) is 45.3 Å². The van der Waals surface area contributed by atoms with E-state index in [1.165, 1.54) is 24.7 Å². The Morgan fingerprint density at radius 2 is 1.79 bits per heavy atom. The van der Waals surface area contributed by atoms with E-state index in [1.807, 2.05) is 6.07 Å². The van der Waals surface area contributed by atoms with Gasteiger partial charge in [0.15, 0.2) is 0 Å². The highest BCUT2D eigenvalue weighted by molar-refractivity contribution is 6.42. The van der Waals surface area contributed by atoms with Gasteiger partial charge in [-0.3, -0.25) is 9.69 Å². The fraction of sp³-hybridized carbons (Fsp3) is 0.483. The Bertz CT molecular complexity index is 1330. The van der Waals surface area contributed by atoms with Crippen LogP contribution in [0.4, 0.5) is 5.82 Å². The molecule has 1 N–H and O–H groups in total. The molecule has 2 aromatic carbocycles. The van der Waals surface area contributed by atoms with Gasteiger partial charge in [-0.15, -0.1) is 0 Å². The van der Waals surface area contributed by atoms with Gasteiger partial charge in [-0.1, -0.05) is 41.4 Å². The van der Waals surface area contributed by atoms with Crippen molar-refractivity contribution in [2.24, 2.45) is 5.92 Å². The minimum Gasteiger partial charge on any atom is -0.496 e. The lowest BCUT2D eigenvalue weighted by atomic mass is 9.87.